The van der Waals surface area contributed by atoms with Crippen molar-refractivity contribution in [2.24, 2.45) is 5.73 Å². The summed E-state index contributed by atoms with van der Waals surface area (Å²) in [6.07, 6.45) is 2.46. The highest BCUT2D eigenvalue weighted by atomic mass is 32.2. The number of nitrogens with zero attached hydrogens (tertiary/aromatic N) is 1. The van der Waals surface area contributed by atoms with Gasteiger partial charge in [0.25, 0.3) is 0 Å². The van der Waals surface area contributed by atoms with Crippen LogP contribution in [0.1, 0.15) is 11.4 Å². The number of anilines is 1. The predicted molar refractivity (Wildman–Crippen MR) is 100 cm³/mol. The average molecular weight is 364 g/mol. The molecule has 0 unspecified atom stereocenters. The van der Waals surface area contributed by atoms with Gasteiger partial charge in [-0.05, 0) is 37.5 Å². The van der Waals surface area contributed by atoms with Crippen LogP contribution in [0.4, 0.5) is 10.5 Å². The van der Waals surface area contributed by atoms with Crippen molar-refractivity contribution < 1.29 is 9.59 Å². The van der Waals surface area contributed by atoms with E-state index in [2.05, 4.69) is 15.6 Å². The molecule has 1 aromatic carbocycles. The van der Waals surface area contributed by atoms with Crippen LogP contribution in [-0.4, -0.2) is 35.0 Å². The van der Waals surface area contributed by atoms with E-state index in [1.807, 2.05) is 42.8 Å². The highest BCUT2D eigenvalue weighted by molar-refractivity contribution is 7.98. The van der Waals surface area contributed by atoms with Crippen molar-refractivity contribution in [3.63, 3.8) is 0 Å². The van der Waals surface area contributed by atoms with E-state index >= 15 is 0 Å². The number of aryl methyl sites for hydroxylation is 1. The number of hydrogen-bond donors (Lipinski definition) is 3. The number of urea groups is 1. The van der Waals surface area contributed by atoms with Gasteiger partial charge in [0.2, 0.25) is 5.91 Å². The lowest BCUT2D eigenvalue weighted by Crippen LogP contribution is -2.46. The Kier molecular flexibility index (Phi) is 6.62. The second kappa shape index (κ2) is 8.70. The Morgan fingerprint density at radius 3 is 2.58 bits per heavy atom. The van der Waals surface area contributed by atoms with Gasteiger partial charge in [-0.2, -0.15) is 11.8 Å². The van der Waals surface area contributed by atoms with Gasteiger partial charge in [-0.15, -0.1) is 11.3 Å². The lowest BCUT2D eigenvalue weighted by molar-refractivity contribution is -0.117. The number of carbonyl (C=O) groups is 2. The number of hydrogen-bond acceptors (Lipinski definition) is 5. The third kappa shape index (κ3) is 5.24. The van der Waals surface area contributed by atoms with E-state index in [1.165, 1.54) is 0 Å². The van der Waals surface area contributed by atoms with Gasteiger partial charge in [0.05, 0.1) is 10.7 Å². The van der Waals surface area contributed by atoms with Crippen molar-refractivity contribution in [1.82, 2.24) is 10.3 Å². The first-order valence-corrected chi connectivity index (χ1v) is 9.65. The fourth-order valence-electron chi connectivity index (χ4n) is 2.13. The second-order valence-electron chi connectivity index (χ2n) is 5.16. The summed E-state index contributed by atoms with van der Waals surface area (Å²) in [7, 11) is 0. The van der Waals surface area contributed by atoms with Crippen molar-refractivity contribution in [3.05, 3.63) is 34.7 Å². The van der Waals surface area contributed by atoms with Gasteiger partial charge in [0, 0.05) is 16.6 Å². The van der Waals surface area contributed by atoms with Gasteiger partial charge >= 0.3 is 6.03 Å². The average Bonchev–Trinajstić information content (AvgIpc) is 2.98. The normalized spacial score (nSPS) is 11.8. The molecule has 0 spiro atoms. The Hall–Kier alpha value is -2.06. The van der Waals surface area contributed by atoms with Crippen molar-refractivity contribution >= 4 is 40.7 Å². The molecule has 1 aromatic heterocycles. The minimum absolute atomic E-state index is 0.278. The monoisotopic (exact) mass is 364 g/mol. The van der Waals surface area contributed by atoms with Crippen LogP contribution in [0.15, 0.2) is 29.6 Å². The van der Waals surface area contributed by atoms with Crippen LogP contribution < -0.4 is 16.4 Å². The number of nitrogens with two attached hydrogens (primary N) is 1. The summed E-state index contributed by atoms with van der Waals surface area (Å²) in [5.74, 6) is 0.473. The molecule has 128 valence electrons. The molecular formula is C16H20N4O2S2. The first-order valence-electron chi connectivity index (χ1n) is 7.38. The molecule has 0 fully saturated rings. The van der Waals surface area contributed by atoms with Crippen molar-refractivity contribution in [1.29, 1.82) is 0 Å². The maximum atomic E-state index is 12.3. The Labute approximate surface area is 149 Å². The molecule has 0 bridgehead atoms. The number of thiazole rings is 1. The summed E-state index contributed by atoms with van der Waals surface area (Å²) in [5.41, 5.74) is 7.71. The summed E-state index contributed by atoms with van der Waals surface area (Å²) < 4.78 is 0. The molecule has 2 rings (SSSR count). The van der Waals surface area contributed by atoms with Crippen molar-refractivity contribution in [2.45, 2.75) is 19.4 Å². The minimum Gasteiger partial charge on any atom is -0.352 e. The second-order valence-corrected chi connectivity index (χ2v) is 7.21. The van der Waals surface area contributed by atoms with E-state index in [4.69, 9.17) is 5.73 Å². The smallest absolute Gasteiger partial charge is 0.312 e. The van der Waals surface area contributed by atoms with E-state index in [-0.39, 0.29) is 5.91 Å². The Bertz CT molecular complexity index is 700. The number of aromatic nitrogens is 1. The molecule has 0 saturated carbocycles. The zero-order valence-electron chi connectivity index (χ0n) is 13.5. The van der Waals surface area contributed by atoms with E-state index in [9.17, 15) is 9.59 Å². The van der Waals surface area contributed by atoms with E-state index in [1.54, 1.807) is 23.1 Å². The number of amides is 3. The van der Waals surface area contributed by atoms with Crippen LogP contribution in [0.25, 0.3) is 11.3 Å². The number of carbonyl (C=O) groups excluding carboxylic acids is 2. The molecule has 0 aliphatic rings. The Balaban J connectivity index is 2.02. The van der Waals surface area contributed by atoms with Crippen LogP contribution in [0.3, 0.4) is 0 Å². The lowest BCUT2D eigenvalue weighted by Gasteiger charge is -2.17. The quantitative estimate of drug-likeness (QED) is 0.704. The predicted octanol–water partition coefficient (Wildman–Crippen LogP) is 2.85. The number of benzene rings is 1. The van der Waals surface area contributed by atoms with Crippen LogP contribution in [-0.2, 0) is 4.79 Å². The molecule has 1 heterocycles. The van der Waals surface area contributed by atoms with Gasteiger partial charge in [-0.25, -0.2) is 9.78 Å². The van der Waals surface area contributed by atoms with E-state index < -0.39 is 12.1 Å². The third-order valence-electron chi connectivity index (χ3n) is 3.31. The molecule has 4 N–H and O–H groups in total. The van der Waals surface area contributed by atoms with Crippen LogP contribution in [0, 0.1) is 6.92 Å². The minimum atomic E-state index is -0.703. The topological polar surface area (TPSA) is 97.1 Å². The summed E-state index contributed by atoms with van der Waals surface area (Å²) in [4.78, 5) is 27.8. The van der Waals surface area contributed by atoms with Crippen molar-refractivity contribution in [3.8, 4) is 11.3 Å². The maximum absolute atomic E-state index is 12.3. The molecule has 0 saturated heterocycles. The maximum Gasteiger partial charge on any atom is 0.312 e. The van der Waals surface area contributed by atoms with E-state index in [0.717, 1.165) is 22.0 Å². The lowest BCUT2D eigenvalue weighted by atomic mass is 10.1. The molecule has 0 aliphatic carbocycles. The summed E-state index contributed by atoms with van der Waals surface area (Å²) >= 11 is 3.20. The summed E-state index contributed by atoms with van der Waals surface area (Å²) in [6.45, 7) is 1.96. The molecule has 3 amide bonds. The van der Waals surface area contributed by atoms with Crippen molar-refractivity contribution in [2.75, 3.05) is 17.3 Å². The van der Waals surface area contributed by atoms with Gasteiger partial charge in [0.15, 0.2) is 0 Å². The summed E-state index contributed by atoms with van der Waals surface area (Å²) in [5, 5.41) is 8.29. The first-order chi connectivity index (χ1) is 11.5. The van der Waals surface area contributed by atoms with Crippen LogP contribution in [0.5, 0.6) is 0 Å². The number of nitrogens with one attached hydrogen (secondary N) is 2. The molecule has 24 heavy (non-hydrogen) atoms. The first kappa shape index (κ1) is 18.3. The molecular weight excluding hydrogens is 344 g/mol. The highest BCUT2D eigenvalue weighted by Gasteiger charge is 2.19. The van der Waals surface area contributed by atoms with Gasteiger partial charge in [-0.3, -0.25) is 4.79 Å². The fourth-order valence-corrected chi connectivity index (χ4v) is 3.22. The number of primary amides is 1. The molecule has 6 nitrogen and oxygen atoms in total. The van der Waals surface area contributed by atoms with Gasteiger partial charge in [-0.1, -0.05) is 12.1 Å². The van der Waals surface area contributed by atoms with Gasteiger partial charge < -0.3 is 16.4 Å². The molecule has 2 aromatic rings. The van der Waals surface area contributed by atoms with Crippen LogP contribution >= 0.6 is 23.1 Å². The largest absolute Gasteiger partial charge is 0.352 e. The zero-order valence-corrected chi connectivity index (χ0v) is 15.2. The third-order valence-corrected chi connectivity index (χ3v) is 4.73. The van der Waals surface area contributed by atoms with Crippen LogP contribution in [0.2, 0.25) is 0 Å². The standard InChI is InChI=1S/C16H20N4O2S2/c1-10-18-14(9-24-10)11-3-5-12(6-4-11)19-15(21)13(7-8-23-2)20-16(17)22/h3-6,9,13H,7-8H2,1-2H3,(H,19,21)(H3,17,20,22)/t13-/m1/s1. The number of rotatable bonds is 7. The highest BCUT2D eigenvalue weighted by Crippen LogP contribution is 2.23. The fraction of sp³-hybridized carbons (Fsp3) is 0.312. The molecule has 0 radical (unpaired) electrons. The molecule has 0 aliphatic heterocycles. The molecule has 8 heteroatoms. The van der Waals surface area contributed by atoms with Gasteiger partial charge in [0.1, 0.15) is 6.04 Å². The Morgan fingerprint density at radius 2 is 2.04 bits per heavy atom. The summed E-state index contributed by atoms with van der Waals surface area (Å²) in [6, 6.07) is 6.10. The van der Waals surface area contributed by atoms with E-state index in [0.29, 0.717) is 12.1 Å². The SMILES string of the molecule is CSCC[C@@H](NC(N)=O)C(=O)Nc1ccc(-c2csc(C)n2)cc1. The Morgan fingerprint density at radius 1 is 1.33 bits per heavy atom. The number of thioether (sulfide) groups is 1. The zero-order chi connectivity index (χ0) is 17.5. The molecule has 1 atom stereocenters.